The molecular weight excluding hydrogens is 423 g/mol. The molecule has 0 bridgehead atoms. The van der Waals surface area contributed by atoms with E-state index in [1.54, 1.807) is 12.1 Å². The number of carbonyl (C=O) groups is 1. The number of piperazine rings is 1. The maximum absolute atomic E-state index is 12.9. The Morgan fingerprint density at radius 1 is 1.04 bits per heavy atom. The van der Waals surface area contributed by atoms with Crippen molar-refractivity contribution in [3.63, 3.8) is 0 Å². The predicted molar refractivity (Wildman–Crippen MR) is 116 cm³/mol. The van der Waals surface area contributed by atoms with E-state index in [2.05, 4.69) is 4.72 Å². The monoisotopic (exact) mass is 452 g/mol. The topological polar surface area (TPSA) is 95.7 Å². The molecule has 0 unspecified atom stereocenters. The number of anilines is 1. The fraction of sp³-hybridized carbons (Fsp3) is 0.611. The Morgan fingerprint density at radius 2 is 1.61 bits per heavy atom. The molecule has 10 heteroatoms. The standard InChI is InChI=1S/C18H28N4O3S.2ClH/c1-20-26(24,25)16-8-4-3-7-15(16)21-11-13-22(14-12-21)17(23)18(19)9-5-2-6-10-18;;/h3-4,7-8,20H,2,5-6,9-14,19H2,1H3;2*1H. The summed E-state index contributed by atoms with van der Waals surface area (Å²) in [5.41, 5.74) is 6.35. The van der Waals surface area contributed by atoms with Crippen LogP contribution in [0.25, 0.3) is 0 Å². The summed E-state index contributed by atoms with van der Waals surface area (Å²) < 4.78 is 26.9. The molecule has 1 amide bonds. The number of sulfonamides is 1. The van der Waals surface area contributed by atoms with E-state index in [0.717, 1.165) is 32.1 Å². The SMILES string of the molecule is CNS(=O)(=O)c1ccccc1N1CCN(C(=O)C2(N)CCCCC2)CC1.Cl.Cl. The number of hydrogen-bond donors (Lipinski definition) is 2. The molecule has 1 saturated carbocycles. The number of benzene rings is 1. The number of halogens is 2. The van der Waals surface area contributed by atoms with Crippen LogP contribution >= 0.6 is 24.8 Å². The van der Waals surface area contributed by atoms with Crippen molar-refractivity contribution in [2.45, 2.75) is 42.5 Å². The Labute approximate surface area is 179 Å². The van der Waals surface area contributed by atoms with E-state index in [-0.39, 0.29) is 35.6 Å². The molecule has 1 aliphatic carbocycles. The van der Waals surface area contributed by atoms with Gasteiger partial charge >= 0.3 is 0 Å². The number of nitrogens with zero attached hydrogens (tertiary/aromatic N) is 2. The molecular formula is C18H30Cl2N4O3S. The average Bonchev–Trinajstić information content (AvgIpc) is 2.68. The van der Waals surface area contributed by atoms with E-state index in [1.165, 1.54) is 7.05 Å². The van der Waals surface area contributed by atoms with Gasteiger partial charge in [0.25, 0.3) is 0 Å². The highest BCUT2D eigenvalue weighted by Gasteiger charge is 2.39. The summed E-state index contributed by atoms with van der Waals surface area (Å²) in [6.07, 6.45) is 4.69. The van der Waals surface area contributed by atoms with Crippen LogP contribution in [0.1, 0.15) is 32.1 Å². The van der Waals surface area contributed by atoms with Crippen LogP contribution < -0.4 is 15.4 Å². The summed E-state index contributed by atoms with van der Waals surface area (Å²) in [4.78, 5) is 17.0. The number of para-hydroxylation sites is 1. The number of nitrogens with two attached hydrogens (primary N) is 1. The van der Waals surface area contributed by atoms with Crippen LogP contribution in [0.15, 0.2) is 29.2 Å². The van der Waals surface area contributed by atoms with Gasteiger partial charge in [-0.05, 0) is 32.0 Å². The maximum atomic E-state index is 12.9. The summed E-state index contributed by atoms with van der Waals surface area (Å²) in [5, 5.41) is 0. The first-order valence-electron chi connectivity index (χ1n) is 9.23. The maximum Gasteiger partial charge on any atom is 0.242 e. The molecule has 3 rings (SSSR count). The van der Waals surface area contributed by atoms with Crippen LogP contribution in [0.5, 0.6) is 0 Å². The van der Waals surface area contributed by atoms with Crippen LogP contribution in [0, 0.1) is 0 Å². The third-order valence-electron chi connectivity index (χ3n) is 5.50. The van der Waals surface area contributed by atoms with Crippen LogP contribution in [-0.2, 0) is 14.8 Å². The summed E-state index contributed by atoms with van der Waals surface area (Å²) >= 11 is 0. The number of amides is 1. The minimum Gasteiger partial charge on any atom is -0.367 e. The second-order valence-corrected chi connectivity index (χ2v) is 9.03. The molecule has 0 aromatic heterocycles. The molecule has 0 spiro atoms. The van der Waals surface area contributed by atoms with E-state index >= 15 is 0 Å². The number of hydrogen-bond acceptors (Lipinski definition) is 5. The Bertz CT molecular complexity index is 762. The second-order valence-electron chi connectivity index (χ2n) is 7.17. The third-order valence-corrected chi connectivity index (χ3v) is 6.96. The summed E-state index contributed by atoms with van der Waals surface area (Å²) in [5.74, 6) is 0.0491. The van der Waals surface area contributed by atoms with Crippen molar-refractivity contribution in [1.82, 2.24) is 9.62 Å². The molecule has 2 aliphatic rings. The minimum atomic E-state index is -3.53. The van der Waals surface area contributed by atoms with Crippen LogP contribution in [0.3, 0.4) is 0 Å². The van der Waals surface area contributed by atoms with Crippen molar-refractivity contribution < 1.29 is 13.2 Å². The summed E-state index contributed by atoms with van der Waals surface area (Å²) in [7, 11) is -2.12. The molecule has 1 heterocycles. The van der Waals surface area contributed by atoms with E-state index < -0.39 is 15.6 Å². The van der Waals surface area contributed by atoms with Crippen LogP contribution in [0.2, 0.25) is 0 Å². The highest BCUT2D eigenvalue weighted by Crippen LogP contribution is 2.29. The zero-order valence-electron chi connectivity index (χ0n) is 16.1. The van der Waals surface area contributed by atoms with E-state index in [9.17, 15) is 13.2 Å². The quantitative estimate of drug-likeness (QED) is 0.724. The van der Waals surface area contributed by atoms with Crippen LogP contribution in [-0.4, -0.2) is 58.0 Å². The molecule has 0 atom stereocenters. The lowest BCUT2D eigenvalue weighted by molar-refractivity contribution is -0.138. The summed E-state index contributed by atoms with van der Waals surface area (Å²) in [6, 6.07) is 6.97. The first kappa shape index (κ1) is 25.0. The van der Waals surface area contributed by atoms with E-state index in [4.69, 9.17) is 5.73 Å². The Balaban J connectivity index is 0.00000196. The molecule has 160 valence electrons. The van der Waals surface area contributed by atoms with Gasteiger partial charge in [0, 0.05) is 26.2 Å². The molecule has 28 heavy (non-hydrogen) atoms. The van der Waals surface area contributed by atoms with Crippen molar-refractivity contribution >= 4 is 46.4 Å². The van der Waals surface area contributed by atoms with Gasteiger partial charge in [0.2, 0.25) is 15.9 Å². The van der Waals surface area contributed by atoms with Crippen molar-refractivity contribution in [2.24, 2.45) is 5.73 Å². The van der Waals surface area contributed by atoms with Crippen molar-refractivity contribution in [1.29, 1.82) is 0 Å². The van der Waals surface area contributed by atoms with Gasteiger partial charge in [0.15, 0.2) is 0 Å². The Kier molecular flexibility index (Phi) is 9.02. The first-order valence-corrected chi connectivity index (χ1v) is 10.7. The number of nitrogens with one attached hydrogen (secondary N) is 1. The fourth-order valence-corrected chi connectivity index (χ4v) is 4.87. The summed E-state index contributed by atoms with van der Waals surface area (Å²) in [6.45, 7) is 2.31. The predicted octanol–water partition coefficient (Wildman–Crippen LogP) is 1.75. The molecule has 7 nitrogen and oxygen atoms in total. The van der Waals surface area contributed by atoms with E-state index in [1.807, 2.05) is 21.9 Å². The smallest absolute Gasteiger partial charge is 0.242 e. The highest BCUT2D eigenvalue weighted by atomic mass is 35.5. The van der Waals surface area contributed by atoms with Gasteiger partial charge in [-0.25, -0.2) is 13.1 Å². The van der Waals surface area contributed by atoms with Gasteiger partial charge in [-0.3, -0.25) is 4.79 Å². The van der Waals surface area contributed by atoms with Crippen molar-refractivity contribution in [3.05, 3.63) is 24.3 Å². The lowest BCUT2D eigenvalue weighted by atomic mass is 9.81. The van der Waals surface area contributed by atoms with Gasteiger partial charge in [0.1, 0.15) is 4.90 Å². The molecule has 0 radical (unpaired) electrons. The molecule has 3 N–H and O–H groups in total. The fourth-order valence-electron chi connectivity index (χ4n) is 3.92. The Hall–Kier alpha value is -1.06. The third kappa shape index (κ3) is 5.10. The van der Waals surface area contributed by atoms with Gasteiger partial charge in [-0.1, -0.05) is 31.4 Å². The molecule has 1 aromatic rings. The van der Waals surface area contributed by atoms with Gasteiger partial charge in [-0.2, -0.15) is 0 Å². The van der Waals surface area contributed by atoms with Gasteiger partial charge in [-0.15, -0.1) is 24.8 Å². The normalized spacial score (nSPS) is 19.4. The molecule has 1 aliphatic heterocycles. The zero-order valence-corrected chi connectivity index (χ0v) is 18.5. The number of rotatable bonds is 4. The lowest BCUT2D eigenvalue weighted by Gasteiger charge is -2.41. The molecule has 1 saturated heterocycles. The van der Waals surface area contributed by atoms with Gasteiger partial charge < -0.3 is 15.5 Å². The average molecular weight is 453 g/mol. The molecule has 2 fully saturated rings. The van der Waals surface area contributed by atoms with Crippen molar-refractivity contribution in [2.75, 3.05) is 38.1 Å². The highest BCUT2D eigenvalue weighted by molar-refractivity contribution is 7.89. The van der Waals surface area contributed by atoms with E-state index in [0.29, 0.717) is 31.9 Å². The minimum absolute atomic E-state index is 0. The number of carbonyl (C=O) groups excluding carboxylic acids is 1. The first-order chi connectivity index (χ1) is 12.4. The molecule has 1 aromatic carbocycles. The van der Waals surface area contributed by atoms with Crippen molar-refractivity contribution in [3.8, 4) is 0 Å². The lowest BCUT2D eigenvalue weighted by Crippen LogP contribution is -2.60. The van der Waals surface area contributed by atoms with Crippen LogP contribution in [0.4, 0.5) is 5.69 Å². The largest absolute Gasteiger partial charge is 0.367 e. The Morgan fingerprint density at radius 3 is 2.18 bits per heavy atom. The second kappa shape index (κ2) is 10.1. The van der Waals surface area contributed by atoms with Gasteiger partial charge in [0.05, 0.1) is 11.2 Å². The zero-order chi connectivity index (χ0) is 18.8.